The topological polar surface area (TPSA) is 43.1 Å². The highest BCUT2D eigenvalue weighted by molar-refractivity contribution is 5.60. The Morgan fingerprint density at radius 2 is 2.19 bits per heavy atom. The number of hydrogen-bond acceptors (Lipinski definition) is 3. The molecule has 0 atom stereocenters. The van der Waals surface area contributed by atoms with Crippen LogP contribution in [-0.2, 0) is 0 Å². The molecule has 0 saturated heterocycles. The highest BCUT2D eigenvalue weighted by atomic mass is 19.1. The molecule has 3 heterocycles. The second kappa shape index (κ2) is 3.37. The zero-order valence-corrected chi connectivity index (χ0v) is 8.21. The van der Waals surface area contributed by atoms with Gasteiger partial charge in [0.15, 0.2) is 0 Å². The molecule has 0 spiro atoms. The third kappa shape index (κ3) is 1.42. The predicted molar refractivity (Wildman–Crippen MR) is 56.2 cm³/mol. The molecular weight excluding hydrogens is 207 g/mol. The van der Waals surface area contributed by atoms with Crippen LogP contribution in [0, 0.1) is 5.82 Å². The molecule has 0 aromatic carbocycles. The van der Waals surface area contributed by atoms with Crippen molar-refractivity contribution in [2.75, 3.05) is 0 Å². The van der Waals surface area contributed by atoms with Crippen LogP contribution >= 0.6 is 0 Å². The van der Waals surface area contributed by atoms with Crippen LogP contribution in [-0.4, -0.2) is 19.4 Å². The van der Waals surface area contributed by atoms with E-state index in [2.05, 4.69) is 15.0 Å². The maximum Gasteiger partial charge on any atom is 0.234 e. The number of aromatic nitrogens is 4. The standard InChI is InChI=1S/C11H7FN4/c12-9-4-8(5-13-6-9)10-7-16-3-1-2-14-11(16)15-10/h1-7H. The highest BCUT2D eigenvalue weighted by Gasteiger charge is 2.05. The fourth-order valence-electron chi connectivity index (χ4n) is 1.52. The summed E-state index contributed by atoms with van der Waals surface area (Å²) in [5, 5.41) is 0. The first-order chi connectivity index (χ1) is 7.83. The van der Waals surface area contributed by atoms with Crippen LogP contribution in [0.15, 0.2) is 43.1 Å². The van der Waals surface area contributed by atoms with Crippen LogP contribution in [0.25, 0.3) is 17.0 Å². The highest BCUT2D eigenvalue weighted by Crippen LogP contribution is 2.17. The molecule has 0 N–H and O–H groups in total. The molecule has 0 unspecified atom stereocenters. The van der Waals surface area contributed by atoms with Crippen LogP contribution in [0.5, 0.6) is 0 Å². The first-order valence-electron chi connectivity index (χ1n) is 4.73. The minimum Gasteiger partial charge on any atom is -0.291 e. The molecule has 78 valence electrons. The minimum absolute atomic E-state index is 0.373. The van der Waals surface area contributed by atoms with Gasteiger partial charge in [-0.25, -0.2) is 14.4 Å². The van der Waals surface area contributed by atoms with Crippen LogP contribution in [0.1, 0.15) is 0 Å². The molecule has 0 saturated carbocycles. The lowest BCUT2D eigenvalue weighted by Gasteiger charge is -1.93. The smallest absolute Gasteiger partial charge is 0.234 e. The van der Waals surface area contributed by atoms with Crippen molar-refractivity contribution in [2.24, 2.45) is 0 Å². The Hall–Kier alpha value is -2.30. The van der Waals surface area contributed by atoms with Gasteiger partial charge in [0.1, 0.15) is 5.82 Å². The van der Waals surface area contributed by atoms with E-state index in [0.29, 0.717) is 17.0 Å². The largest absolute Gasteiger partial charge is 0.291 e. The van der Waals surface area contributed by atoms with Gasteiger partial charge >= 0.3 is 0 Å². The molecule has 0 aliphatic rings. The number of imidazole rings is 1. The Labute approximate surface area is 90.4 Å². The van der Waals surface area contributed by atoms with Gasteiger partial charge in [0.2, 0.25) is 5.78 Å². The Kier molecular flexibility index (Phi) is 1.89. The van der Waals surface area contributed by atoms with Gasteiger partial charge in [-0.3, -0.25) is 9.38 Å². The lowest BCUT2D eigenvalue weighted by atomic mass is 10.2. The summed E-state index contributed by atoms with van der Waals surface area (Å²) in [5.74, 6) is 0.212. The first kappa shape index (κ1) is 8.96. The predicted octanol–water partition coefficient (Wildman–Crippen LogP) is 1.93. The molecule has 3 aromatic rings. The Morgan fingerprint density at radius 1 is 1.25 bits per heavy atom. The summed E-state index contributed by atoms with van der Waals surface area (Å²) in [6.45, 7) is 0. The van der Waals surface area contributed by atoms with Crippen molar-refractivity contribution < 1.29 is 4.39 Å². The molecule has 3 aromatic heterocycles. The molecule has 4 nitrogen and oxygen atoms in total. The Bertz CT molecular complexity index is 614. The van der Waals surface area contributed by atoms with E-state index in [1.165, 1.54) is 6.07 Å². The summed E-state index contributed by atoms with van der Waals surface area (Å²) in [7, 11) is 0. The molecule has 0 aliphatic carbocycles. The van der Waals surface area contributed by atoms with Crippen molar-refractivity contribution in [1.29, 1.82) is 0 Å². The average Bonchev–Trinajstić information content (AvgIpc) is 2.72. The molecular formula is C11H7FN4. The van der Waals surface area contributed by atoms with E-state index in [4.69, 9.17) is 0 Å². The molecule has 0 radical (unpaired) electrons. The van der Waals surface area contributed by atoms with Gasteiger partial charge in [-0.2, -0.15) is 0 Å². The van der Waals surface area contributed by atoms with E-state index in [-0.39, 0.29) is 5.82 Å². The van der Waals surface area contributed by atoms with E-state index >= 15 is 0 Å². The van der Waals surface area contributed by atoms with Gasteiger partial charge in [-0.05, 0) is 12.1 Å². The van der Waals surface area contributed by atoms with E-state index in [9.17, 15) is 4.39 Å². The average molecular weight is 214 g/mol. The number of fused-ring (bicyclic) bond motifs is 1. The van der Waals surface area contributed by atoms with Gasteiger partial charge in [0.25, 0.3) is 0 Å². The third-order valence-electron chi connectivity index (χ3n) is 2.24. The maximum atomic E-state index is 13.0. The zero-order valence-electron chi connectivity index (χ0n) is 8.21. The van der Waals surface area contributed by atoms with Crippen molar-refractivity contribution >= 4 is 5.78 Å². The summed E-state index contributed by atoms with van der Waals surface area (Å²) >= 11 is 0. The second-order valence-electron chi connectivity index (χ2n) is 3.34. The molecule has 5 heteroatoms. The number of halogens is 1. The van der Waals surface area contributed by atoms with E-state index in [1.807, 2.05) is 12.3 Å². The summed E-state index contributed by atoms with van der Waals surface area (Å²) in [6.07, 6.45) is 8.03. The van der Waals surface area contributed by atoms with Crippen LogP contribution < -0.4 is 0 Å². The molecule has 0 aliphatic heterocycles. The second-order valence-corrected chi connectivity index (χ2v) is 3.34. The number of pyridine rings is 1. The van der Waals surface area contributed by atoms with Crippen molar-refractivity contribution in [3.05, 3.63) is 48.9 Å². The van der Waals surface area contributed by atoms with Crippen LogP contribution in [0.4, 0.5) is 4.39 Å². The van der Waals surface area contributed by atoms with Gasteiger partial charge in [-0.15, -0.1) is 0 Å². The summed E-state index contributed by atoms with van der Waals surface area (Å²) < 4.78 is 14.8. The van der Waals surface area contributed by atoms with Crippen molar-refractivity contribution in [1.82, 2.24) is 19.4 Å². The molecule has 3 rings (SSSR count). The van der Waals surface area contributed by atoms with Gasteiger partial charge in [-0.1, -0.05) is 0 Å². The number of nitrogens with zero attached hydrogens (tertiary/aromatic N) is 4. The monoisotopic (exact) mass is 214 g/mol. The molecule has 0 fully saturated rings. The van der Waals surface area contributed by atoms with E-state index < -0.39 is 0 Å². The fraction of sp³-hybridized carbons (Fsp3) is 0. The van der Waals surface area contributed by atoms with Crippen molar-refractivity contribution in [3.8, 4) is 11.3 Å². The van der Waals surface area contributed by atoms with E-state index in [1.54, 1.807) is 23.0 Å². The van der Waals surface area contributed by atoms with Gasteiger partial charge < -0.3 is 0 Å². The van der Waals surface area contributed by atoms with Crippen LogP contribution in [0.3, 0.4) is 0 Å². The van der Waals surface area contributed by atoms with Gasteiger partial charge in [0, 0.05) is 30.4 Å². The Balaban J connectivity index is 2.19. The summed E-state index contributed by atoms with van der Waals surface area (Å²) in [6, 6.07) is 3.21. The van der Waals surface area contributed by atoms with E-state index in [0.717, 1.165) is 6.20 Å². The molecule has 16 heavy (non-hydrogen) atoms. The SMILES string of the molecule is Fc1cncc(-c2cn3cccnc3n2)c1. The third-order valence-corrected chi connectivity index (χ3v) is 2.24. The molecule has 0 bridgehead atoms. The van der Waals surface area contributed by atoms with Crippen molar-refractivity contribution in [2.45, 2.75) is 0 Å². The number of rotatable bonds is 1. The normalized spacial score (nSPS) is 10.8. The lowest BCUT2D eigenvalue weighted by Crippen LogP contribution is -1.83. The zero-order chi connectivity index (χ0) is 11.0. The maximum absolute atomic E-state index is 13.0. The van der Waals surface area contributed by atoms with Crippen molar-refractivity contribution in [3.63, 3.8) is 0 Å². The number of hydrogen-bond donors (Lipinski definition) is 0. The minimum atomic E-state index is -0.373. The summed E-state index contributed by atoms with van der Waals surface area (Å²) in [5.41, 5.74) is 1.30. The first-order valence-corrected chi connectivity index (χ1v) is 4.73. The summed E-state index contributed by atoms with van der Waals surface area (Å²) in [4.78, 5) is 12.1. The fourth-order valence-corrected chi connectivity index (χ4v) is 1.52. The molecule has 0 amide bonds. The quantitative estimate of drug-likeness (QED) is 0.621. The van der Waals surface area contributed by atoms with Gasteiger partial charge in [0.05, 0.1) is 11.9 Å². The van der Waals surface area contributed by atoms with Crippen LogP contribution in [0.2, 0.25) is 0 Å². The lowest BCUT2D eigenvalue weighted by molar-refractivity contribution is 0.622. The Morgan fingerprint density at radius 3 is 3.00 bits per heavy atom.